The maximum absolute atomic E-state index is 14.1. The Morgan fingerprint density at radius 2 is 1.58 bits per heavy atom. The highest BCUT2D eigenvalue weighted by atomic mass is 16.5. The van der Waals surface area contributed by atoms with Crippen LogP contribution in [0.4, 0.5) is 4.79 Å². The lowest BCUT2D eigenvalue weighted by Gasteiger charge is -2.37. The summed E-state index contributed by atoms with van der Waals surface area (Å²) in [5, 5.41) is 8.24. The Hall–Kier alpha value is -3.18. The van der Waals surface area contributed by atoms with E-state index in [9.17, 15) is 28.8 Å². The Balaban J connectivity index is 1.47. The predicted octanol–water partition coefficient (Wildman–Crippen LogP) is 1.64. The van der Waals surface area contributed by atoms with Gasteiger partial charge in [0.05, 0.1) is 12.6 Å². The number of hydrogen-bond donors (Lipinski definition) is 4. The molecule has 43 heavy (non-hydrogen) atoms. The number of urea groups is 1. The van der Waals surface area contributed by atoms with E-state index < -0.39 is 65.1 Å². The van der Waals surface area contributed by atoms with Crippen LogP contribution >= 0.6 is 0 Å². The number of nitrogens with one attached hydrogen (secondary N) is 3. The van der Waals surface area contributed by atoms with Gasteiger partial charge in [0.25, 0.3) is 5.91 Å². The van der Waals surface area contributed by atoms with E-state index >= 15 is 0 Å². The maximum Gasteiger partial charge on any atom is 0.328 e. The van der Waals surface area contributed by atoms with Gasteiger partial charge < -0.3 is 31.3 Å². The van der Waals surface area contributed by atoms with E-state index in [0.717, 1.165) is 44.9 Å². The summed E-state index contributed by atoms with van der Waals surface area (Å²) in [7, 11) is 0. The fourth-order valence-electron chi connectivity index (χ4n) is 6.32. The molecular formula is C31H49N5O7. The molecule has 5 N–H and O–H groups in total. The van der Waals surface area contributed by atoms with Gasteiger partial charge in [-0.1, -0.05) is 53.9 Å². The monoisotopic (exact) mass is 603 g/mol. The number of rotatable bonds is 13. The number of fused-ring (bicyclic) bond motifs is 1. The van der Waals surface area contributed by atoms with Crippen LogP contribution in [0.15, 0.2) is 0 Å². The van der Waals surface area contributed by atoms with Crippen molar-refractivity contribution >= 4 is 35.5 Å². The molecule has 0 bridgehead atoms. The lowest BCUT2D eigenvalue weighted by Crippen LogP contribution is -2.62. The summed E-state index contributed by atoms with van der Waals surface area (Å²) in [6.45, 7) is 9.76. The minimum absolute atomic E-state index is 0.0713. The first kappa shape index (κ1) is 32.7. The van der Waals surface area contributed by atoms with Crippen LogP contribution in [0.5, 0.6) is 0 Å². The molecule has 1 saturated heterocycles. The van der Waals surface area contributed by atoms with E-state index in [4.69, 9.17) is 10.5 Å². The van der Waals surface area contributed by atoms with E-state index in [2.05, 4.69) is 16.0 Å². The van der Waals surface area contributed by atoms with Gasteiger partial charge in [-0.3, -0.25) is 19.2 Å². The smallest absolute Gasteiger partial charge is 0.328 e. The van der Waals surface area contributed by atoms with Gasteiger partial charge in [-0.05, 0) is 67.1 Å². The summed E-state index contributed by atoms with van der Waals surface area (Å²) < 4.78 is 5.41. The Morgan fingerprint density at radius 3 is 2.07 bits per heavy atom. The molecule has 1 unspecified atom stereocenters. The zero-order valence-corrected chi connectivity index (χ0v) is 26.1. The average molecular weight is 604 g/mol. The van der Waals surface area contributed by atoms with Gasteiger partial charge in [0.2, 0.25) is 17.6 Å². The molecule has 0 radical (unpaired) electrons. The van der Waals surface area contributed by atoms with Crippen molar-refractivity contribution < 1.29 is 33.5 Å². The van der Waals surface area contributed by atoms with Crippen LogP contribution in [0.25, 0.3) is 0 Å². The minimum Gasteiger partial charge on any atom is -0.464 e. The van der Waals surface area contributed by atoms with Gasteiger partial charge in [0.1, 0.15) is 18.1 Å². The summed E-state index contributed by atoms with van der Waals surface area (Å²) in [4.78, 5) is 79.6. The number of carbonyl (C=O) groups is 6. The minimum atomic E-state index is -1.09. The molecule has 240 valence electrons. The SMILES string of the molecule is CC(C)[C@H](NC(=O)N[C@H](C(=O)N1C[C@@H]2CC[C@@H]2[C@H]1C(=O)NC(CC1CCC1)C(=O)C(N)=O)C(C)(C)C)C(=O)OCC1CC1. The maximum atomic E-state index is 14.1. The van der Waals surface area contributed by atoms with E-state index in [1.165, 1.54) is 4.90 Å². The van der Waals surface area contributed by atoms with Gasteiger partial charge in [-0.2, -0.15) is 0 Å². The average Bonchev–Trinajstić information content (AvgIpc) is 3.67. The molecule has 12 heteroatoms. The van der Waals surface area contributed by atoms with Crippen LogP contribution in [0.1, 0.15) is 86.0 Å². The molecule has 4 fully saturated rings. The van der Waals surface area contributed by atoms with Gasteiger partial charge >= 0.3 is 12.0 Å². The van der Waals surface area contributed by atoms with Crippen molar-refractivity contribution in [2.75, 3.05) is 13.2 Å². The zero-order chi connectivity index (χ0) is 31.6. The standard InChI is InChI=1S/C31H49N5O7/c1-16(2)22(29(41)43-15-18-9-10-18)34-30(42)35-25(31(3,4)5)28(40)36-14-19-11-12-20(19)23(36)27(39)33-21(24(37)26(32)38)13-17-7-6-8-17/h16-23,25H,6-15H2,1-5H3,(H2,32,38)(H,33,39)(H2,34,35,42)/t19-,20-,21?,22-,23-,25+/m0/s1. The summed E-state index contributed by atoms with van der Waals surface area (Å²) >= 11 is 0. The van der Waals surface area contributed by atoms with Crippen molar-refractivity contribution in [2.24, 2.45) is 40.7 Å². The second-order valence-electron chi connectivity index (χ2n) is 14.5. The third kappa shape index (κ3) is 7.86. The number of ether oxygens (including phenoxy) is 1. The molecule has 1 aliphatic heterocycles. The molecule has 0 aromatic heterocycles. The fraction of sp³-hybridized carbons (Fsp3) is 0.806. The van der Waals surface area contributed by atoms with E-state index in [1.54, 1.807) is 13.8 Å². The van der Waals surface area contributed by atoms with Crippen LogP contribution in [0.3, 0.4) is 0 Å². The van der Waals surface area contributed by atoms with Crippen molar-refractivity contribution in [3.63, 3.8) is 0 Å². The van der Waals surface area contributed by atoms with Crippen molar-refractivity contribution in [1.29, 1.82) is 0 Å². The lowest BCUT2D eigenvalue weighted by molar-refractivity contribution is -0.147. The van der Waals surface area contributed by atoms with Gasteiger partial charge in [-0.25, -0.2) is 9.59 Å². The third-order valence-corrected chi connectivity index (χ3v) is 9.62. The van der Waals surface area contributed by atoms with Crippen LogP contribution < -0.4 is 21.7 Å². The number of esters is 1. The largest absolute Gasteiger partial charge is 0.464 e. The van der Waals surface area contributed by atoms with Crippen LogP contribution in [-0.4, -0.2) is 77.7 Å². The number of Topliss-reactive ketones (excluding diaryl/α,β-unsaturated/α-hetero) is 1. The van der Waals surface area contributed by atoms with Crippen molar-refractivity contribution in [1.82, 2.24) is 20.9 Å². The third-order valence-electron chi connectivity index (χ3n) is 9.62. The van der Waals surface area contributed by atoms with Crippen LogP contribution in [0.2, 0.25) is 0 Å². The van der Waals surface area contributed by atoms with Gasteiger partial charge in [0.15, 0.2) is 0 Å². The van der Waals surface area contributed by atoms with Gasteiger partial charge in [-0.15, -0.1) is 0 Å². The first-order chi connectivity index (χ1) is 20.2. The zero-order valence-electron chi connectivity index (χ0n) is 26.1. The summed E-state index contributed by atoms with van der Waals surface area (Å²) in [6.07, 6.45) is 6.93. The number of ketones is 1. The molecule has 0 aromatic carbocycles. The number of nitrogens with two attached hydrogens (primary N) is 1. The van der Waals surface area contributed by atoms with E-state index in [-0.39, 0.29) is 23.7 Å². The lowest BCUT2D eigenvalue weighted by atomic mass is 9.72. The summed E-state index contributed by atoms with van der Waals surface area (Å²) in [6, 6.07) is -4.42. The van der Waals surface area contributed by atoms with E-state index in [1.807, 2.05) is 20.8 Å². The summed E-state index contributed by atoms with van der Waals surface area (Å²) in [5.74, 6) is -2.87. The van der Waals surface area contributed by atoms with Crippen molar-refractivity contribution in [3.8, 4) is 0 Å². The molecule has 6 atom stereocenters. The topological polar surface area (TPSA) is 177 Å². The molecule has 0 spiro atoms. The number of nitrogens with zero attached hydrogens (tertiary/aromatic N) is 1. The second-order valence-corrected chi connectivity index (χ2v) is 14.5. The highest BCUT2D eigenvalue weighted by Gasteiger charge is 2.54. The molecular weight excluding hydrogens is 554 g/mol. The van der Waals surface area contributed by atoms with Crippen molar-refractivity contribution in [2.45, 2.75) is 110 Å². The molecule has 1 heterocycles. The number of likely N-dealkylation sites (tertiary alicyclic amines) is 1. The fourth-order valence-corrected chi connectivity index (χ4v) is 6.32. The number of hydrogen-bond acceptors (Lipinski definition) is 7. The van der Waals surface area contributed by atoms with Crippen LogP contribution in [-0.2, 0) is 28.7 Å². The quantitative estimate of drug-likeness (QED) is 0.183. The molecule has 3 saturated carbocycles. The molecule has 12 nitrogen and oxygen atoms in total. The highest BCUT2D eigenvalue weighted by Crippen LogP contribution is 2.45. The second kappa shape index (κ2) is 13.2. The van der Waals surface area contributed by atoms with E-state index in [0.29, 0.717) is 25.5 Å². The summed E-state index contributed by atoms with van der Waals surface area (Å²) in [5.41, 5.74) is 4.57. The van der Waals surface area contributed by atoms with Gasteiger partial charge in [0, 0.05) is 6.54 Å². The van der Waals surface area contributed by atoms with Crippen LogP contribution in [0, 0.1) is 35.0 Å². The predicted molar refractivity (Wildman–Crippen MR) is 157 cm³/mol. The molecule has 4 rings (SSSR count). The highest BCUT2D eigenvalue weighted by molar-refractivity contribution is 6.37. The van der Waals surface area contributed by atoms with Crippen molar-refractivity contribution in [3.05, 3.63) is 0 Å². The Bertz CT molecular complexity index is 1110. The number of amides is 5. The molecule has 5 amide bonds. The first-order valence-corrected chi connectivity index (χ1v) is 15.9. The molecule has 0 aromatic rings. The number of primary amides is 1. The molecule has 3 aliphatic carbocycles. The number of carbonyl (C=O) groups excluding carboxylic acids is 6. The Kier molecular flexibility index (Phi) is 10.1. The molecule has 4 aliphatic rings. The Labute approximate surface area is 253 Å². The first-order valence-electron chi connectivity index (χ1n) is 15.9. The Morgan fingerprint density at radius 1 is 0.907 bits per heavy atom. The normalized spacial score (nSPS) is 25.3.